The van der Waals surface area contributed by atoms with E-state index in [4.69, 9.17) is 5.11 Å². The highest BCUT2D eigenvalue weighted by Crippen LogP contribution is 2.04. The molecule has 0 bridgehead atoms. The number of hydrogen-bond donors (Lipinski definition) is 3. The van der Waals surface area contributed by atoms with Gasteiger partial charge in [-0.05, 0) is 0 Å². The SMILES string of the molecule is CC.CNC(=O)c1nc[nH]c(=O)c1O. The molecule has 6 nitrogen and oxygen atoms in total. The van der Waals surface area contributed by atoms with Crippen molar-refractivity contribution in [2.75, 3.05) is 7.05 Å². The Balaban J connectivity index is 0.000000791. The van der Waals surface area contributed by atoms with Crippen LogP contribution in [0.2, 0.25) is 0 Å². The van der Waals surface area contributed by atoms with Crippen LogP contribution >= 0.6 is 0 Å². The summed E-state index contributed by atoms with van der Waals surface area (Å²) in [6.07, 6.45) is 1.05. The van der Waals surface area contributed by atoms with Gasteiger partial charge in [0.15, 0.2) is 5.69 Å². The van der Waals surface area contributed by atoms with Crippen molar-refractivity contribution in [2.24, 2.45) is 0 Å². The summed E-state index contributed by atoms with van der Waals surface area (Å²) in [7, 11) is 1.38. The molecule has 0 aromatic carbocycles. The fraction of sp³-hybridized carbons (Fsp3) is 0.375. The zero-order chi connectivity index (χ0) is 11.1. The molecular formula is C8H13N3O3. The Morgan fingerprint density at radius 3 is 2.64 bits per heavy atom. The average Bonchev–Trinajstić information content (AvgIpc) is 2.24. The number of aromatic amines is 1. The minimum absolute atomic E-state index is 0.277. The number of H-pyrrole nitrogens is 1. The van der Waals surface area contributed by atoms with Gasteiger partial charge in [0.05, 0.1) is 6.33 Å². The van der Waals surface area contributed by atoms with E-state index < -0.39 is 17.2 Å². The monoisotopic (exact) mass is 199 g/mol. The maximum Gasteiger partial charge on any atom is 0.293 e. The molecule has 6 heteroatoms. The van der Waals surface area contributed by atoms with E-state index in [1.807, 2.05) is 13.8 Å². The van der Waals surface area contributed by atoms with Gasteiger partial charge < -0.3 is 15.4 Å². The van der Waals surface area contributed by atoms with E-state index in [-0.39, 0.29) is 5.69 Å². The van der Waals surface area contributed by atoms with Gasteiger partial charge in [-0.3, -0.25) is 9.59 Å². The molecule has 0 spiro atoms. The predicted molar refractivity (Wildman–Crippen MR) is 51.3 cm³/mol. The number of nitrogens with one attached hydrogen (secondary N) is 2. The van der Waals surface area contributed by atoms with Crippen molar-refractivity contribution in [1.82, 2.24) is 15.3 Å². The van der Waals surface area contributed by atoms with Crippen LogP contribution in [0.15, 0.2) is 11.1 Å². The Morgan fingerprint density at radius 1 is 1.57 bits per heavy atom. The Kier molecular flexibility index (Phi) is 4.98. The Labute approximate surface area is 81.0 Å². The van der Waals surface area contributed by atoms with Gasteiger partial charge in [0.2, 0.25) is 5.75 Å². The number of aromatic hydroxyl groups is 1. The lowest BCUT2D eigenvalue weighted by Gasteiger charge is -1.98. The molecule has 0 aliphatic rings. The third-order valence-electron chi connectivity index (χ3n) is 1.27. The van der Waals surface area contributed by atoms with Crippen LogP contribution in [0, 0.1) is 0 Å². The summed E-state index contributed by atoms with van der Waals surface area (Å²) < 4.78 is 0. The van der Waals surface area contributed by atoms with Crippen molar-refractivity contribution in [3.8, 4) is 5.75 Å². The summed E-state index contributed by atoms with van der Waals surface area (Å²) in [5, 5.41) is 11.3. The first-order valence-electron chi connectivity index (χ1n) is 4.15. The number of carbonyl (C=O) groups is 1. The van der Waals surface area contributed by atoms with E-state index in [1.165, 1.54) is 7.05 Å². The first kappa shape index (κ1) is 12.2. The van der Waals surface area contributed by atoms with E-state index in [9.17, 15) is 9.59 Å². The maximum atomic E-state index is 10.9. The van der Waals surface area contributed by atoms with Crippen molar-refractivity contribution in [3.63, 3.8) is 0 Å². The second kappa shape index (κ2) is 5.74. The summed E-state index contributed by atoms with van der Waals surface area (Å²) in [5.41, 5.74) is -1.01. The zero-order valence-corrected chi connectivity index (χ0v) is 8.29. The molecule has 0 fully saturated rings. The molecule has 0 saturated heterocycles. The molecule has 1 aromatic heterocycles. The van der Waals surface area contributed by atoms with Crippen molar-refractivity contribution in [3.05, 3.63) is 22.4 Å². The van der Waals surface area contributed by atoms with Crippen LogP contribution in [0.5, 0.6) is 5.75 Å². The molecule has 1 aromatic rings. The largest absolute Gasteiger partial charge is 0.501 e. The van der Waals surface area contributed by atoms with Crippen molar-refractivity contribution < 1.29 is 9.90 Å². The van der Waals surface area contributed by atoms with Crippen molar-refractivity contribution in [2.45, 2.75) is 13.8 Å². The normalized spacial score (nSPS) is 8.50. The molecule has 0 saturated carbocycles. The second-order valence-electron chi connectivity index (χ2n) is 2.01. The van der Waals surface area contributed by atoms with Gasteiger partial charge in [0.1, 0.15) is 0 Å². The highest BCUT2D eigenvalue weighted by atomic mass is 16.3. The molecule has 3 N–H and O–H groups in total. The fourth-order valence-electron chi connectivity index (χ4n) is 0.677. The van der Waals surface area contributed by atoms with Crippen LogP contribution in [-0.2, 0) is 0 Å². The lowest BCUT2D eigenvalue weighted by atomic mass is 10.3. The quantitative estimate of drug-likeness (QED) is 0.586. The molecule has 1 amide bonds. The smallest absolute Gasteiger partial charge is 0.293 e. The molecule has 1 rings (SSSR count). The molecule has 0 aliphatic carbocycles. The second-order valence-corrected chi connectivity index (χ2v) is 2.01. The van der Waals surface area contributed by atoms with E-state index in [2.05, 4.69) is 15.3 Å². The Hall–Kier alpha value is -1.85. The van der Waals surface area contributed by atoms with Gasteiger partial charge in [-0.15, -0.1) is 0 Å². The third-order valence-corrected chi connectivity index (χ3v) is 1.27. The topological polar surface area (TPSA) is 95.1 Å². The summed E-state index contributed by atoms with van der Waals surface area (Å²) in [6, 6.07) is 0. The van der Waals surface area contributed by atoms with Gasteiger partial charge in [-0.25, -0.2) is 4.98 Å². The van der Waals surface area contributed by atoms with Crippen LogP contribution in [0.3, 0.4) is 0 Å². The molecule has 0 atom stereocenters. The Morgan fingerprint density at radius 2 is 2.14 bits per heavy atom. The lowest BCUT2D eigenvalue weighted by molar-refractivity contribution is 0.0954. The summed E-state index contributed by atoms with van der Waals surface area (Å²) in [4.78, 5) is 27.2. The van der Waals surface area contributed by atoms with Crippen LogP contribution in [-0.4, -0.2) is 28.0 Å². The van der Waals surface area contributed by atoms with E-state index in [0.717, 1.165) is 6.33 Å². The van der Waals surface area contributed by atoms with E-state index >= 15 is 0 Å². The number of rotatable bonds is 1. The molecular weight excluding hydrogens is 186 g/mol. The molecule has 78 valence electrons. The molecule has 0 radical (unpaired) electrons. The highest BCUT2D eigenvalue weighted by Gasteiger charge is 2.12. The first-order chi connectivity index (χ1) is 6.66. The molecule has 0 unspecified atom stereocenters. The van der Waals surface area contributed by atoms with Crippen molar-refractivity contribution >= 4 is 5.91 Å². The van der Waals surface area contributed by atoms with E-state index in [1.54, 1.807) is 0 Å². The first-order valence-corrected chi connectivity index (χ1v) is 4.15. The van der Waals surface area contributed by atoms with Crippen molar-refractivity contribution in [1.29, 1.82) is 0 Å². The van der Waals surface area contributed by atoms with Crippen LogP contribution < -0.4 is 10.9 Å². The number of hydrogen-bond acceptors (Lipinski definition) is 4. The van der Waals surface area contributed by atoms with Gasteiger partial charge >= 0.3 is 0 Å². The summed E-state index contributed by atoms with van der Waals surface area (Å²) >= 11 is 0. The number of nitrogens with zero attached hydrogens (tertiary/aromatic N) is 1. The zero-order valence-electron chi connectivity index (χ0n) is 8.29. The van der Waals surface area contributed by atoms with E-state index in [0.29, 0.717) is 0 Å². The third kappa shape index (κ3) is 2.58. The summed E-state index contributed by atoms with van der Waals surface area (Å²) in [6.45, 7) is 4.00. The predicted octanol–water partition coefficient (Wildman–Crippen LogP) is -0.139. The lowest BCUT2D eigenvalue weighted by Crippen LogP contribution is -2.22. The van der Waals surface area contributed by atoms with Crippen LogP contribution in [0.25, 0.3) is 0 Å². The number of aromatic nitrogens is 2. The van der Waals surface area contributed by atoms with Crippen LogP contribution in [0.4, 0.5) is 0 Å². The van der Waals surface area contributed by atoms with Gasteiger partial charge in [-0.2, -0.15) is 0 Å². The molecule has 1 heterocycles. The molecule has 0 aliphatic heterocycles. The minimum Gasteiger partial charge on any atom is -0.501 e. The number of amides is 1. The van der Waals surface area contributed by atoms with Gasteiger partial charge in [0, 0.05) is 7.05 Å². The Bertz CT molecular complexity index is 359. The minimum atomic E-state index is -0.733. The number of carbonyl (C=O) groups excluding carboxylic acids is 1. The van der Waals surface area contributed by atoms with Crippen LogP contribution in [0.1, 0.15) is 24.3 Å². The highest BCUT2D eigenvalue weighted by molar-refractivity contribution is 5.94. The van der Waals surface area contributed by atoms with Gasteiger partial charge in [0.25, 0.3) is 11.5 Å². The average molecular weight is 199 g/mol. The van der Waals surface area contributed by atoms with Gasteiger partial charge in [-0.1, -0.05) is 13.8 Å². The maximum absolute atomic E-state index is 10.9. The standard InChI is InChI=1S/C6H7N3O3.C2H6/c1-7-5(11)3-4(10)6(12)9-2-8-3;1-2/h2,10H,1H3,(H,7,11)(H,8,9,12);1-2H3. The molecule has 14 heavy (non-hydrogen) atoms. The summed E-state index contributed by atoms with van der Waals surface area (Å²) in [5.74, 6) is -1.27. The fourth-order valence-corrected chi connectivity index (χ4v) is 0.677.